The van der Waals surface area contributed by atoms with E-state index in [0.717, 1.165) is 33.2 Å². The molecule has 0 bridgehead atoms. The SMILES string of the molecule is C1=CC=Cc2c(-c3csc(-c4cccnn4)n3)c[nH]c2C=1.[HH]. The van der Waals surface area contributed by atoms with Crippen LogP contribution in [0.4, 0.5) is 0 Å². The van der Waals surface area contributed by atoms with Crippen LogP contribution in [0.3, 0.4) is 0 Å². The third-order valence-corrected chi connectivity index (χ3v) is 4.07. The van der Waals surface area contributed by atoms with Gasteiger partial charge in [-0.05, 0) is 18.2 Å². The number of hydrogen-bond acceptors (Lipinski definition) is 4. The van der Waals surface area contributed by atoms with Gasteiger partial charge in [0.25, 0.3) is 0 Å². The quantitative estimate of drug-likeness (QED) is 0.725. The maximum Gasteiger partial charge on any atom is 0.144 e. The van der Waals surface area contributed by atoms with Gasteiger partial charge in [0.2, 0.25) is 0 Å². The number of nitrogens with zero attached hydrogens (tertiary/aromatic N) is 3. The second-order valence-corrected chi connectivity index (χ2v) is 5.37. The molecule has 1 N–H and O–H groups in total. The summed E-state index contributed by atoms with van der Waals surface area (Å²) in [4.78, 5) is 7.94. The predicted molar refractivity (Wildman–Crippen MR) is 86.6 cm³/mol. The predicted octanol–water partition coefficient (Wildman–Crippen LogP) is 4.04. The van der Waals surface area contributed by atoms with Crippen molar-refractivity contribution < 1.29 is 1.43 Å². The first-order valence-corrected chi connectivity index (χ1v) is 7.34. The zero-order valence-corrected chi connectivity index (χ0v) is 11.8. The zero-order chi connectivity index (χ0) is 14.1. The average Bonchev–Trinajstić information content (AvgIpc) is 3.10. The van der Waals surface area contributed by atoms with E-state index in [1.54, 1.807) is 17.5 Å². The number of rotatable bonds is 2. The normalized spacial score (nSPS) is 12.4. The largest absolute Gasteiger partial charge is 0.360 e. The molecule has 4 nitrogen and oxygen atoms in total. The van der Waals surface area contributed by atoms with E-state index in [1.807, 2.05) is 41.9 Å². The topological polar surface area (TPSA) is 54.5 Å². The fraction of sp³-hybridized carbons (Fsp3) is 0. The highest BCUT2D eigenvalue weighted by Gasteiger charge is 2.14. The molecule has 0 atom stereocenters. The van der Waals surface area contributed by atoms with Gasteiger partial charge >= 0.3 is 0 Å². The van der Waals surface area contributed by atoms with Crippen molar-refractivity contribution in [1.29, 1.82) is 0 Å². The third kappa shape index (κ3) is 2.14. The van der Waals surface area contributed by atoms with Crippen LogP contribution in [0.25, 0.3) is 34.1 Å². The number of aromatic amines is 1. The highest BCUT2D eigenvalue weighted by molar-refractivity contribution is 7.13. The molecule has 0 saturated heterocycles. The minimum atomic E-state index is 0. The summed E-state index contributed by atoms with van der Waals surface area (Å²) in [6, 6.07) is 3.78. The monoisotopic (exact) mass is 292 g/mol. The van der Waals surface area contributed by atoms with E-state index >= 15 is 0 Å². The molecule has 0 fully saturated rings. The molecular weight excluding hydrogens is 280 g/mol. The highest BCUT2D eigenvalue weighted by atomic mass is 32.1. The molecule has 0 spiro atoms. The van der Waals surface area contributed by atoms with E-state index in [4.69, 9.17) is 0 Å². The van der Waals surface area contributed by atoms with Crippen LogP contribution in [-0.2, 0) is 0 Å². The molecular formula is C16H12N4S. The average molecular weight is 292 g/mol. The van der Waals surface area contributed by atoms with Gasteiger partial charge in [-0.15, -0.1) is 22.2 Å². The molecule has 3 heterocycles. The number of nitrogens with one attached hydrogen (secondary N) is 1. The first kappa shape index (κ1) is 12.0. The standard InChI is InChI=1S/C16H10N4S.H2/c1-2-5-11-12(9-17-13(11)6-3-1)15-10-21-16(19-15)14-7-4-8-18-20-14;/h1-2,4-10,17H;1H. The molecule has 1 aliphatic carbocycles. The molecule has 0 aliphatic heterocycles. The first-order chi connectivity index (χ1) is 10.4. The maximum atomic E-state index is 4.68. The minimum absolute atomic E-state index is 0. The van der Waals surface area contributed by atoms with Crippen LogP contribution < -0.4 is 0 Å². The van der Waals surface area contributed by atoms with Crippen molar-refractivity contribution in [2.75, 3.05) is 0 Å². The van der Waals surface area contributed by atoms with Crippen LogP contribution in [0.5, 0.6) is 0 Å². The van der Waals surface area contributed by atoms with Crippen molar-refractivity contribution in [3.63, 3.8) is 0 Å². The van der Waals surface area contributed by atoms with Crippen LogP contribution in [0.2, 0.25) is 0 Å². The number of allylic oxidation sites excluding steroid dienone is 2. The summed E-state index contributed by atoms with van der Waals surface area (Å²) < 4.78 is 0. The molecule has 4 rings (SSSR count). The molecule has 3 aromatic rings. The molecule has 5 heteroatoms. The summed E-state index contributed by atoms with van der Waals surface area (Å²) in [6.07, 6.45) is 11.5. The van der Waals surface area contributed by atoms with Gasteiger partial charge in [0.05, 0.1) is 11.4 Å². The van der Waals surface area contributed by atoms with Gasteiger partial charge in [-0.3, -0.25) is 0 Å². The molecule has 0 aromatic carbocycles. The summed E-state index contributed by atoms with van der Waals surface area (Å²) in [7, 11) is 0. The van der Waals surface area contributed by atoms with Gasteiger partial charge in [-0.2, -0.15) is 5.10 Å². The number of aromatic nitrogens is 4. The fourth-order valence-corrected chi connectivity index (χ4v) is 3.01. The van der Waals surface area contributed by atoms with Gasteiger partial charge in [0.1, 0.15) is 10.7 Å². The van der Waals surface area contributed by atoms with Crippen molar-refractivity contribution in [3.05, 3.63) is 59.0 Å². The molecule has 1 aliphatic rings. The summed E-state index contributed by atoms with van der Waals surface area (Å²) in [5, 5.41) is 10.9. The van der Waals surface area contributed by atoms with E-state index < -0.39 is 0 Å². The number of H-pyrrole nitrogens is 1. The molecule has 0 amide bonds. The van der Waals surface area contributed by atoms with Crippen molar-refractivity contribution in [3.8, 4) is 22.0 Å². The van der Waals surface area contributed by atoms with Crippen molar-refractivity contribution in [2.45, 2.75) is 0 Å². The van der Waals surface area contributed by atoms with E-state index in [1.165, 1.54) is 0 Å². The van der Waals surface area contributed by atoms with Crippen LogP contribution in [0.15, 0.2) is 47.8 Å². The smallest absolute Gasteiger partial charge is 0.144 e. The van der Waals surface area contributed by atoms with Crippen molar-refractivity contribution >= 4 is 23.5 Å². The Kier molecular flexibility index (Phi) is 2.85. The number of hydrogen-bond donors (Lipinski definition) is 1. The third-order valence-electron chi connectivity index (χ3n) is 3.21. The first-order valence-electron chi connectivity index (χ1n) is 6.46. The van der Waals surface area contributed by atoms with Crippen LogP contribution in [0, 0.1) is 0 Å². The Balaban J connectivity index is 0.00000144. The lowest BCUT2D eigenvalue weighted by molar-refractivity contribution is 1.03. The summed E-state index contributed by atoms with van der Waals surface area (Å²) in [5.74, 6) is 0. The van der Waals surface area contributed by atoms with Crippen molar-refractivity contribution in [2.24, 2.45) is 0 Å². The van der Waals surface area contributed by atoms with E-state index in [0.29, 0.717) is 0 Å². The Bertz CT molecular complexity index is 886. The lowest BCUT2D eigenvalue weighted by Gasteiger charge is -1.96. The van der Waals surface area contributed by atoms with E-state index in [-0.39, 0.29) is 1.43 Å². The van der Waals surface area contributed by atoms with E-state index in [2.05, 4.69) is 32.0 Å². The summed E-state index contributed by atoms with van der Waals surface area (Å²) in [5.41, 5.74) is 8.10. The number of thiazole rings is 1. The van der Waals surface area contributed by atoms with Crippen LogP contribution in [-0.4, -0.2) is 20.2 Å². The molecule has 3 aromatic heterocycles. The Labute approximate surface area is 126 Å². The summed E-state index contributed by atoms with van der Waals surface area (Å²) in [6.45, 7) is 0. The minimum Gasteiger partial charge on any atom is -0.360 e. The van der Waals surface area contributed by atoms with Gasteiger partial charge in [-0.1, -0.05) is 12.2 Å². The van der Waals surface area contributed by atoms with Crippen LogP contribution in [0.1, 0.15) is 12.7 Å². The number of fused-ring (bicyclic) bond motifs is 1. The second kappa shape index (κ2) is 4.98. The molecule has 0 radical (unpaired) electrons. The van der Waals surface area contributed by atoms with Crippen molar-refractivity contribution in [1.82, 2.24) is 20.2 Å². The Hall–Kier alpha value is -2.75. The molecule has 21 heavy (non-hydrogen) atoms. The zero-order valence-electron chi connectivity index (χ0n) is 10.9. The molecule has 0 saturated carbocycles. The molecule has 102 valence electrons. The lowest BCUT2D eigenvalue weighted by Crippen LogP contribution is -1.85. The van der Waals surface area contributed by atoms with Crippen LogP contribution >= 0.6 is 11.3 Å². The summed E-state index contributed by atoms with van der Waals surface area (Å²) >= 11 is 1.57. The Morgan fingerprint density at radius 3 is 3.19 bits per heavy atom. The van der Waals surface area contributed by atoms with Gasteiger partial charge in [0.15, 0.2) is 0 Å². The lowest BCUT2D eigenvalue weighted by atomic mass is 10.1. The fourth-order valence-electron chi connectivity index (χ4n) is 2.22. The van der Waals surface area contributed by atoms with Gasteiger partial charge in [0, 0.05) is 36.4 Å². The Morgan fingerprint density at radius 2 is 2.29 bits per heavy atom. The van der Waals surface area contributed by atoms with Gasteiger partial charge in [-0.25, -0.2) is 4.98 Å². The maximum absolute atomic E-state index is 4.68. The van der Waals surface area contributed by atoms with Gasteiger partial charge < -0.3 is 4.98 Å². The Morgan fingerprint density at radius 1 is 1.29 bits per heavy atom. The van der Waals surface area contributed by atoms with E-state index in [9.17, 15) is 0 Å². The highest BCUT2D eigenvalue weighted by Crippen LogP contribution is 2.32. The second-order valence-electron chi connectivity index (χ2n) is 4.51. The molecule has 0 unspecified atom stereocenters.